The number of carbonyl (C=O) groups is 2. The third kappa shape index (κ3) is 1.83. The maximum Gasteiger partial charge on any atom is 0.249 e. The van der Waals surface area contributed by atoms with Gasteiger partial charge in [-0.05, 0) is 0 Å². The minimum atomic E-state index is -0.394. The molecule has 0 bridgehead atoms. The van der Waals surface area contributed by atoms with E-state index in [-0.39, 0.29) is 18.2 Å². The molecule has 0 aromatic rings. The number of nitrogens with zero attached hydrogens (tertiary/aromatic N) is 1. The van der Waals surface area contributed by atoms with E-state index in [4.69, 9.17) is 0 Å². The SMILES string of the molecule is CCCBN1C(=O)CC(S)C1=O. The second-order valence-corrected chi connectivity index (χ2v) is 3.58. The molecule has 0 aliphatic carbocycles. The molecule has 2 amide bonds. The smallest absolute Gasteiger partial charge is 0.249 e. The summed E-state index contributed by atoms with van der Waals surface area (Å²) in [5.74, 6) is -0.203. The van der Waals surface area contributed by atoms with Crippen molar-refractivity contribution in [2.75, 3.05) is 0 Å². The van der Waals surface area contributed by atoms with Crippen molar-refractivity contribution in [3.63, 3.8) is 0 Å². The molecule has 0 radical (unpaired) electrons. The molecule has 1 heterocycles. The standard InChI is InChI=1S/C7H12BNO2S/c1-2-3-8-9-6(10)4-5(12)7(9)11/h5,8,12H,2-4H2,1H3. The van der Waals surface area contributed by atoms with E-state index in [0.717, 1.165) is 12.7 Å². The molecule has 1 unspecified atom stereocenters. The first-order chi connectivity index (χ1) is 5.66. The lowest BCUT2D eigenvalue weighted by Gasteiger charge is -2.11. The molecule has 1 atom stereocenters. The van der Waals surface area contributed by atoms with Gasteiger partial charge in [-0.3, -0.25) is 9.59 Å². The van der Waals surface area contributed by atoms with Crippen molar-refractivity contribution < 1.29 is 9.59 Å². The van der Waals surface area contributed by atoms with Gasteiger partial charge in [0.2, 0.25) is 19.2 Å². The molecule has 3 nitrogen and oxygen atoms in total. The molecule has 0 saturated carbocycles. The summed E-state index contributed by atoms with van der Waals surface area (Å²) in [6.45, 7) is 2.03. The number of rotatable bonds is 3. The molecule has 12 heavy (non-hydrogen) atoms. The average molecular weight is 185 g/mol. The summed E-state index contributed by atoms with van der Waals surface area (Å²) in [6.07, 6.45) is 2.15. The molecule has 66 valence electrons. The molecular formula is C7H12BNO2S. The predicted octanol–water partition coefficient (Wildman–Crippen LogP) is 0.224. The number of thiol groups is 1. The predicted molar refractivity (Wildman–Crippen MR) is 51.5 cm³/mol. The fourth-order valence-corrected chi connectivity index (χ4v) is 1.51. The van der Waals surface area contributed by atoms with Crippen LogP contribution >= 0.6 is 12.6 Å². The Labute approximate surface area is 78.2 Å². The quantitative estimate of drug-likeness (QED) is 0.388. The minimum absolute atomic E-state index is 0.0755. The van der Waals surface area contributed by atoms with Crippen LogP contribution < -0.4 is 0 Å². The molecule has 1 rings (SSSR count). The van der Waals surface area contributed by atoms with E-state index in [9.17, 15) is 9.59 Å². The van der Waals surface area contributed by atoms with E-state index in [1.54, 1.807) is 0 Å². The second kappa shape index (κ2) is 3.98. The van der Waals surface area contributed by atoms with E-state index in [0.29, 0.717) is 7.41 Å². The Hall–Kier alpha value is -0.445. The highest BCUT2D eigenvalue weighted by atomic mass is 32.1. The lowest BCUT2D eigenvalue weighted by molar-refractivity contribution is -0.132. The highest BCUT2D eigenvalue weighted by Crippen LogP contribution is 2.17. The van der Waals surface area contributed by atoms with Gasteiger partial charge in [-0.2, -0.15) is 12.6 Å². The van der Waals surface area contributed by atoms with Crippen LogP contribution in [0.25, 0.3) is 0 Å². The van der Waals surface area contributed by atoms with Crippen LogP contribution in [0.3, 0.4) is 0 Å². The van der Waals surface area contributed by atoms with Gasteiger partial charge in [0, 0.05) is 6.42 Å². The molecule has 0 aromatic carbocycles. The van der Waals surface area contributed by atoms with Crippen LogP contribution in [0.4, 0.5) is 0 Å². The van der Waals surface area contributed by atoms with Gasteiger partial charge in [0.25, 0.3) is 0 Å². The van der Waals surface area contributed by atoms with Crippen LogP contribution in [0.5, 0.6) is 0 Å². The van der Waals surface area contributed by atoms with Crippen molar-refractivity contribution >= 4 is 31.9 Å². The fraction of sp³-hybridized carbons (Fsp3) is 0.714. The van der Waals surface area contributed by atoms with Crippen LogP contribution in [0.2, 0.25) is 6.32 Å². The normalized spacial score (nSPS) is 23.5. The highest BCUT2D eigenvalue weighted by Gasteiger charge is 2.35. The van der Waals surface area contributed by atoms with Gasteiger partial charge in [-0.25, -0.2) is 0 Å². The van der Waals surface area contributed by atoms with E-state index >= 15 is 0 Å². The van der Waals surface area contributed by atoms with Crippen LogP contribution in [0, 0.1) is 0 Å². The van der Waals surface area contributed by atoms with Crippen molar-refractivity contribution in [3.8, 4) is 0 Å². The van der Waals surface area contributed by atoms with E-state index in [1.165, 1.54) is 4.81 Å². The van der Waals surface area contributed by atoms with E-state index in [1.807, 2.05) is 6.92 Å². The van der Waals surface area contributed by atoms with E-state index < -0.39 is 5.25 Å². The largest absolute Gasteiger partial charge is 0.332 e. The Morgan fingerprint density at radius 3 is 2.75 bits per heavy atom. The third-order valence-corrected chi connectivity index (χ3v) is 2.36. The minimum Gasteiger partial charge on any atom is -0.332 e. The second-order valence-electron chi connectivity index (χ2n) is 2.96. The van der Waals surface area contributed by atoms with Gasteiger partial charge >= 0.3 is 0 Å². The molecule has 0 spiro atoms. The summed E-state index contributed by atoms with van der Waals surface area (Å²) >= 11 is 4.02. The maximum atomic E-state index is 11.3. The van der Waals surface area contributed by atoms with Gasteiger partial charge in [0.05, 0.1) is 5.25 Å². The lowest BCUT2D eigenvalue weighted by atomic mass is 9.85. The molecule has 1 aliphatic rings. The van der Waals surface area contributed by atoms with Gasteiger partial charge in [0.15, 0.2) is 0 Å². The number of amides is 2. The van der Waals surface area contributed by atoms with E-state index in [2.05, 4.69) is 12.6 Å². The Morgan fingerprint density at radius 1 is 1.67 bits per heavy atom. The first kappa shape index (κ1) is 9.64. The topological polar surface area (TPSA) is 37.4 Å². The van der Waals surface area contributed by atoms with Crippen LogP contribution in [-0.4, -0.2) is 29.3 Å². The van der Waals surface area contributed by atoms with Gasteiger partial charge < -0.3 is 4.81 Å². The van der Waals surface area contributed by atoms with Crippen LogP contribution in [-0.2, 0) is 9.59 Å². The Bertz CT molecular complexity index is 210. The third-order valence-electron chi connectivity index (χ3n) is 1.96. The molecule has 0 aromatic heterocycles. The van der Waals surface area contributed by atoms with Crippen molar-refractivity contribution in [1.82, 2.24) is 4.81 Å². The van der Waals surface area contributed by atoms with Crippen LogP contribution in [0.15, 0.2) is 0 Å². The summed E-state index contributed by atoms with van der Waals surface area (Å²) in [4.78, 5) is 23.7. The Morgan fingerprint density at radius 2 is 2.33 bits per heavy atom. The molecule has 5 heteroatoms. The summed E-state index contributed by atoms with van der Waals surface area (Å²) in [6, 6.07) is 0. The number of carbonyl (C=O) groups excluding carboxylic acids is 2. The van der Waals surface area contributed by atoms with Crippen LogP contribution in [0.1, 0.15) is 19.8 Å². The monoisotopic (exact) mass is 185 g/mol. The molecule has 0 N–H and O–H groups in total. The number of hydrogen-bond donors (Lipinski definition) is 1. The van der Waals surface area contributed by atoms with Gasteiger partial charge in [-0.1, -0.05) is 19.7 Å². The molecule has 1 saturated heterocycles. The zero-order valence-corrected chi connectivity index (χ0v) is 8.01. The van der Waals surface area contributed by atoms with Crippen molar-refractivity contribution in [2.24, 2.45) is 0 Å². The Kier molecular flexibility index (Phi) is 3.20. The fourth-order valence-electron chi connectivity index (χ4n) is 1.22. The first-order valence-corrected chi connectivity index (χ1v) is 4.70. The highest BCUT2D eigenvalue weighted by molar-refractivity contribution is 7.81. The summed E-state index contributed by atoms with van der Waals surface area (Å²) in [5, 5.41) is -0.394. The molecule has 1 fully saturated rings. The molecule has 1 aliphatic heterocycles. The first-order valence-electron chi connectivity index (χ1n) is 4.19. The summed E-state index contributed by atoms with van der Waals surface area (Å²) in [7, 11) is 0.561. The van der Waals surface area contributed by atoms with Crippen molar-refractivity contribution in [2.45, 2.75) is 31.3 Å². The number of imide groups is 1. The summed E-state index contributed by atoms with van der Waals surface area (Å²) < 4.78 is 0. The zero-order valence-electron chi connectivity index (χ0n) is 7.12. The van der Waals surface area contributed by atoms with Gasteiger partial charge in [-0.15, -0.1) is 0 Å². The zero-order chi connectivity index (χ0) is 9.14. The Balaban J connectivity index is 2.52. The van der Waals surface area contributed by atoms with Gasteiger partial charge in [0.1, 0.15) is 0 Å². The average Bonchev–Trinajstić information content (AvgIpc) is 2.25. The van der Waals surface area contributed by atoms with Crippen molar-refractivity contribution in [1.29, 1.82) is 0 Å². The molecular weight excluding hydrogens is 173 g/mol. The van der Waals surface area contributed by atoms with Crippen molar-refractivity contribution in [3.05, 3.63) is 0 Å². The number of hydrogen-bond acceptors (Lipinski definition) is 3. The maximum absolute atomic E-state index is 11.3. The summed E-state index contributed by atoms with van der Waals surface area (Å²) in [5.41, 5.74) is 0. The lowest BCUT2D eigenvalue weighted by Crippen LogP contribution is -2.34.